The van der Waals surface area contributed by atoms with Crippen molar-refractivity contribution >= 4 is 22.0 Å². The van der Waals surface area contributed by atoms with Gasteiger partial charge in [-0.15, -0.1) is 0 Å². The van der Waals surface area contributed by atoms with E-state index in [1.807, 2.05) is 6.07 Å². The van der Waals surface area contributed by atoms with Crippen molar-refractivity contribution in [3.8, 4) is 5.75 Å². The van der Waals surface area contributed by atoms with E-state index < -0.39 is 5.97 Å². The van der Waals surface area contributed by atoms with E-state index in [0.717, 1.165) is 5.56 Å². The Bertz CT molecular complexity index is 323. The van der Waals surface area contributed by atoms with E-state index in [4.69, 9.17) is 9.84 Å². The molecule has 1 aromatic rings. The molecule has 1 N–H and O–H groups in total. The van der Waals surface area contributed by atoms with E-state index in [1.54, 1.807) is 12.1 Å². The molecule has 13 heavy (non-hydrogen) atoms. The summed E-state index contributed by atoms with van der Waals surface area (Å²) in [5, 5.41) is 9.53. The van der Waals surface area contributed by atoms with Crippen molar-refractivity contribution in [1.82, 2.24) is 0 Å². The molecular weight excluding hydrogens is 235 g/mol. The molecule has 0 spiro atoms. The van der Waals surface area contributed by atoms with Crippen molar-refractivity contribution in [2.24, 2.45) is 0 Å². The maximum atomic E-state index is 10.8. The van der Waals surface area contributed by atoms with Gasteiger partial charge in [0, 0.05) is 0 Å². The predicted molar refractivity (Wildman–Crippen MR) is 49.4 cm³/mol. The first-order chi connectivity index (χ1) is 6.19. The second-order valence-electron chi connectivity index (χ2n) is 2.48. The molecule has 0 aromatic heterocycles. The van der Waals surface area contributed by atoms with Gasteiger partial charge in [-0.3, -0.25) is 0 Å². The van der Waals surface area contributed by atoms with Gasteiger partial charge in [-0.25, -0.2) is 0 Å². The fourth-order valence-electron chi connectivity index (χ4n) is 1.01. The summed E-state index contributed by atoms with van der Waals surface area (Å²) in [5.74, 6) is -0.572. The normalized spacial score (nSPS) is 9.69. The van der Waals surface area contributed by atoms with Crippen LogP contribution in [0, 0.1) is 0 Å². The molecule has 0 aliphatic rings. The second kappa shape index (κ2) is 4.30. The van der Waals surface area contributed by atoms with E-state index >= 15 is 0 Å². The fourth-order valence-corrected chi connectivity index (χ4v) is 1.39. The van der Waals surface area contributed by atoms with Crippen molar-refractivity contribution in [2.45, 2.75) is 5.32 Å². The van der Waals surface area contributed by atoms with E-state index in [1.165, 1.54) is 7.11 Å². The third kappa shape index (κ3) is 2.23. The second-order valence-corrected chi connectivity index (χ2v) is 3.09. The van der Waals surface area contributed by atoms with Crippen LogP contribution in [0.1, 0.15) is 15.9 Å². The van der Waals surface area contributed by atoms with Crippen molar-refractivity contribution < 1.29 is 14.6 Å². The monoisotopic (exact) mass is 245 g/mol. The zero-order valence-corrected chi connectivity index (χ0v) is 8.82. The molecule has 4 heteroatoms. The molecule has 0 aliphatic carbocycles. The average molecular weight is 244 g/mol. The standard InChI is InChI=1S/C9H9O3Se/c1-12-8-3-2-6(5-13)4-7(8)9(10)11/h2-4H,5H2,1H3,(H,10,11). The van der Waals surface area contributed by atoms with Gasteiger partial charge in [0.2, 0.25) is 0 Å². The van der Waals surface area contributed by atoms with Crippen LogP contribution < -0.4 is 4.74 Å². The van der Waals surface area contributed by atoms with E-state index in [9.17, 15) is 4.79 Å². The topological polar surface area (TPSA) is 46.5 Å². The number of hydrogen-bond donors (Lipinski definition) is 1. The van der Waals surface area contributed by atoms with Crippen molar-refractivity contribution in [3.05, 3.63) is 29.3 Å². The number of rotatable bonds is 3. The van der Waals surface area contributed by atoms with Crippen LogP contribution in [-0.4, -0.2) is 34.2 Å². The molecule has 0 unspecified atom stereocenters. The summed E-state index contributed by atoms with van der Waals surface area (Å²) in [4.78, 5) is 10.8. The van der Waals surface area contributed by atoms with Crippen LogP contribution >= 0.6 is 0 Å². The van der Waals surface area contributed by atoms with Crippen LogP contribution in [0.4, 0.5) is 0 Å². The number of hydrogen-bond acceptors (Lipinski definition) is 2. The number of benzene rings is 1. The Balaban J connectivity index is 3.18. The average Bonchev–Trinajstić information content (AvgIpc) is 2.16. The molecule has 3 nitrogen and oxygen atoms in total. The summed E-state index contributed by atoms with van der Waals surface area (Å²) in [6, 6.07) is 5.11. The van der Waals surface area contributed by atoms with Gasteiger partial charge in [-0.05, 0) is 0 Å². The Morgan fingerprint density at radius 3 is 2.77 bits per heavy atom. The van der Waals surface area contributed by atoms with Gasteiger partial charge in [0.15, 0.2) is 0 Å². The zero-order chi connectivity index (χ0) is 9.84. The quantitative estimate of drug-likeness (QED) is 0.809. The molecule has 1 radical (unpaired) electrons. The van der Waals surface area contributed by atoms with Gasteiger partial charge in [0.05, 0.1) is 0 Å². The first-order valence-corrected chi connectivity index (χ1v) is 4.88. The van der Waals surface area contributed by atoms with Gasteiger partial charge in [0.1, 0.15) is 0 Å². The fraction of sp³-hybridized carbons (Fsp3) is 0.222. The Kier molecular flexibility index (Phi) is 3.34. The summed E-state index contributed by atoms with van der Waals surface area (Å²) < 4.78 is 4.92. The third-order valence-corrected chi connectivity index (χ3v) is 2.36. The van der Waals surface area contributed by atoms with Gasteiger partial charge in [-0.1, -0.05) is 0 Å². The van der Waals surface area contributed by atoms with Gasteiger partial charge in [-0.2, -0.15) is 0 Å². The minimum absolute atomic E-state index is 0.204. The van der Waals surface area contributed by atoms with Gasteiger partial charge in [0.25, 0.3) is 0 Å². The molecule has 0 atom stereocenters. The van der Waals surface area contributed by atoms with Crippen LogP contribution in [0.3, 0.4) is 0 Å². The summed E-state index contributed by atoms with van der Waals surface area (Å²) in [6.07, 6.45) is 0. The zero-order valence-electron chi connectivity index (χ0n) is 7.11. The van der Waals surface area contributed by atoms with Crippen LogP contribution in [0.2, 0.25) is 0 Å². The van der Waals surface area contributed by atoms with Crippen LogP contribution in [-0.2, 0) is 5.32 Å². The number of carboxylic acid groups (broad SMARTS) is 1. The molecule has 1 rings (SSSR count). The van der Waals surface area contributed by atoms with Crippen molar-refractivity contribution in [3.63, 3.8) is 0 Å². The first-order valence-electron chi connectivity index (χ1n) is 3.67. The Morgan fingerprint density at radius 2 is 2.31 bits per heavy atom. The molecule has 0 saturated heterocycles. The molecular formula is C9H9O3Se. The third-order valence-electron chi connectivity index (χ3n) is 1.66. The Labute approximate surface area is 84.5 Å². The summed E-state index contributed by atoms with van der Waals surface area (Å²) in [7, 11) is 1.46. The van der Waals surface area contributed by atoms with Crippen molar-refractivity contribution in [2.75, 3.05) is 7.11 Å². The molecule has 69 valence electrons. The van der Waals surface area contributed by atoms with Crippen molar-refractivity contribution in [1.29, 1.82) is 0 Å². The Morgan fingerprint density at radius 1 is 1.62 bits per heavy atom. The van der Waals surface area contributed by atoms with Gasteiger partial charge < -0.3 is 0 Å². The molecule has 0 saturated carbocycles. The number of carboxylic acids is 1. The molecule has 0 aliphatic heterocycles. The summed E-state index contributed by atoms with van der Waals surface area (Å²) in [5.41, 5.74) is 1.15. The van der Waals surface area contributed by atoms with E-state index in [0.29, 0.717) is 11.1 Å². The number of aromatic carboxylic acids is 1. The number of ether oxygens (including phenoxy) is 1. The SMILES string of the molecule is COc1ccc(C[Se])cc1C(=O)O. The number of carbonyl (C=O) groups is 1. The molecule has 0 amide bonds. The summed E-state index contributed by atoms with van der Waals surface area (Å²) in [6.45, 7) is 0. The molecule has 1 aromatic carbocycles. The van der Waals surface area contributed by atoms with Crippen LogP contribution in [0.25, 0.3) is 0 Å². The molecule has 0 bridgehead atoms. The Hall–Kier alpha value is -0.991. The van der Waals surface area contributed by atoms with Crippen LogP contribution in [0.15, 0.2) is 18.2 Å². The number of methoxy groups -OCH3 is 1. The molecule has 0 fully saturated rings. The first kappa shape index (κ1) is 10.1. The maximum absolute atomic E-state index is 10.8. The molecule has 0 heterocycles. The van der Waals surface area contributed by atoms with E-state index in [2.05, 4.69) is 16.0 Å². The van der Waals surface area contributed by atoms with Crippen LogP contribution in [0.5, 0.6) is 5.75 Å². The van der Waals surface area contributed by atoms with E-state index in [-0.39, 0.29) is 5.56 Å². The predicted octanol–water partition coefficient (Wildman–Crippen LogP) is 1.06. The summed E-state index contributed by atoms with van der Waals surface area (Å²) >= 11 is 2.83. The minimum atomic E-state index is -0.966. The van der Waals surface area contributed by atoms with Gasteiger partial charge >= 0.3 is 84.1 Å².